The van der Waals surface area contributed by atoms with Crippen molar-refractivity contribution in [2.45, 2.75) is 38.2 Å². The molecule has 1 rings (SSSR count). The first-order chi connectivity index (χ1) is 9.89. The molecule has 0 fully saturated rings. The second kappa shape index (κ2) is 8.80. The summed E-state index contributed by atoms with van der Waals surface area (Å²) in [5.41, 5.74) is 1.41. The van der Waals surface area contributed by atoms with E-state index in [1.807, 2.05) is 0 Å². The quantitative estimate of drug-likeness (QED) is 0.195. The van der Waals surface area contributed by atoms with E-state index < -0.39 is 0 Å². The lowest BCUT2D eigenvalue weighted by molar-refractivity contribution is -0.932. The molecular formula is C19H29IN+. The molecule has 1 atom stereocenters. The zero-order chi connectivity index (χ0) is 15.9. The molecule has 21 heavy (non-hydrogen) atoms. The van der Waals surface area contributed by atoms with Crippen LogP contribution in [-0.2, 0) is 6.42 Å². The smallest absolute Gasteiger partial charge is 0.200 e. The Kier molecular flexibility index (Phi) is 7.76. The summed E-state index contributed by atoms with van der Waals surface area (Å²) in [5.74, 6) is 4.33. The normalized spacial score (nSPS) is 13.4. The topological polar surface area (TPSA) is 0 Å². The molecule has 1 unspecified atom stereocenters. The van der Waals surface area contributed by atoms with Crippen LogP contribution in [0.2, 0.25) is 0 Å². The van der Waals surface area contributed by atoms with E-state index in [0.29, 0.717) is 11.8 Å². The minimum atomic E-state index is 0.246. The van der Waals surface area contributed by atoms with Crippen molar-refractivity contribution in [3.8, 4) is 12.3 Å². The summed E-state index contributed by atoms with van der Waals surface area (Å²) in [7, 11) is 0. The molecule has 1 aromatic rings. The van der Waals surface area contributed by atoms with Crippen molar-refractivity contribution in [2.24, 2.45) is 11.8 Å². The van der Waals surface area contributed by atoms with Crippen LogP contribution < -0.4 is 0 Å². The Bertz CT molecular complexity index is 434. The number of hydrogen-bond acceptors (Lipinski definition) is 0. The van der Waals surface area contributed by atoms with Gasteiger partial charge in [-0.05, 0) is 11.5 Å². The molecule has 2 heteroatoms. The molecule has 0 radical (unpaired) electrons. The van der Waals surface area contributed by atoms with E-state index in [1.165, 1.54) is 5.56 Å². The highest BCUT2D eigenvalue weighted by molar-refractivity contribution is 14.1. The summed E-state index contributed by atoms with van der Waals surface area (Å²) in [6.07, 6.45) is 6.90. The molecule has 0 aliphatic rings. The fourth-order valence-electron chi connectivity index (χ4n) is 3.16. The average molecular weight is 398 g/mol. The van der Waals surface area contributed by atoms with Crippen LogP contribution in [0.5, 0.6) is 0 Å². The first-order valence-corrected chi connectivity index (χ1v) is 9.14. The molecule has 0 amide bonds. The van der Waals surface area contributed by atoms with Crippen LogP contribution in [0.4, 0.5) is 0 Å². The maximum Gasteiger partial charge on any atom is 0.200 e. The Labute approximate surface area is 144 Å². The Balaban J connectivity index is 2.94. The molecule has 0 saturated heterocycles. The molecule has 1 aromatic carbocycles. The van der Waals surface area contributed by atoms with Gasteiger partial charge in [0.2, 0.25) is 4.05 Å². The van der Waals surface area contributed by atoms with Crippen LogP contribution in [0.3, 0.4) is 0 Å². The van der Waals surface area contributed by atoms with Crippen molar-refractivity contribution in [3.05, 3.63) is 35.9 Å². The zero-order valence-corrected chi connectivity index (χ0v) is 16.0. The van der Waals surface area contributed by atoms with Crippen molar-refractivity contribution in [1.82, 2.24) is 0 Å². The average Bonchev–Trinajstić information content (AvgIpc) is 2.43. The van der Waals surface area contributed by atoms with Crippen LogP contribution in [0.25, 0.3) is 0 Å². The Morgan fingerprint density at radius 3 is 2.00 bits per heavy atom. The van der Waals surface area contributed by atoms with E-state index in [2.05, 4.69) is 86.5 Å². The third-order valence-electron chi connectivity index (χ3n) is 3.76. The van der Waals surface area contributed by atoms with Crippen LogP contribution in [0, 0.1) is 24.2 Å². The largest absolute Gasteiger partial charge is 0.302 e. The summed E-state index contributed by atoms with van der Waals surface area (Å²) in [6, 6.07) is 10.8. The molecule has 116 valence electrons. The number of quaternary nitrogens is 1. The molecule has 0 aliphatic heterocycles. The van der Waals surface area contributed by atoms with Gasteiger partial charge < -0.3 is 4.48 Å². The number of hydrogen-bond donors (Lipinski definition) is 0. The second-order valence-corrected chi connectivity index (χ2v) is 8.01. The van der Waals surface area contributed by atoms with Crippen molar-refractivity contribution in [1.29, 1.82) is 0 Å². The fourth-order valence-corrected chi connectivity index (χ4v) is 3.90. The number of alkyl halides is 1. The van der Waals surface area contributed by atoms with E-state index in [4.69, 9.17) is 6.42 Å². The number of benzene rings is 1. The monoisotopic (exact) mass is 398 g/mol. The minimum Gasteiger partial charge on any atom is -0.302 e. The SMILES string of the molecule is C#CC(I)[N+](CCc1ccccc1)(CC(C)C)CC(C)C. The predicted octanol–water partition coefficient (Wildman–Crippen LogP) is 4.75. The van der Waals surface area contributed by atoms with Crippen LogP contribution in [0.1, 0.15) is 33.3 Å². The summed E-state index contributed by atoms with van der Waals surface area (Å²) in [5, 5.41) is 0. The van der Waals surface area contributed by atoms with Crippen LogP contribution in [0.15, 0.2) is 30.3 Å². The Hall–Kier alpha value is -0.530. The molecular weight excluding hydrogens is 369 g/mol. The van der Waals surface area contributed by atoms with Gasteiger partial charge in [0, 0.05) is 40.8 Å². The van der Waals surface area contributed by atoms with Crippen LogP contribution in [-0.4, -0.2) is 28.2 Å². The predicted molar refractivity (Wildman–Crippen MR) is 101 cm³/mol. The Morgan fingerprint density at radius 1 is 1.05 bits per heavy atom. The van der Waals surface area contributed by atoms with Crippen molar-refractivity contribution in [3.63, 3.8) is 0 Å². The lowest BCUT2D eigenvalue weighted by atomic mass is 10.0. The number of rotatable bonds is 8. The molecule has 0 aliphatic carbocycles. The van der Waals surface area contributed by atoms with E-state index in [9.17, 15) is 0 Å². The van der Waals surface area contributed by atoms with E-state index in [0.717, 1.165) is 30.5 Å². The molecule has 0 bridgehead atoms. The zero-order valence-electron chi connectivity index (χ0n) is 13.8. The maximum atomic E-state index is 5.81. The number of halogens is 1. The van der Waals surface area contributed by atoms with Crippen molar-refractivity contribution < 1.29 is 4.48 Å². The van der Waals surface area contributed by atoms with Crippen molar-refractivity contribution in [2.75, 3.05) is 19.6 Å². The molecule has 1 nitrogen and oxygen atoms in total. The lowest BCUT2D eigenvalue weighted by Gasteiger charge is -2.43. The van der Waals surface area contributed by atoms with E-state index in [1.54, 1.807) is 0 Å². The maximum absolute atomic E-state index is 5.81. The fraction of sp³-hybridized carbons (Fsp3) is 0.579. The summed E-state index contributed by atoms with van der Waals surface area (Å²) >= 11 is 2.47. The van der Waals surface area contributed by atoms with E-state index in [-0.39, 0.29) is 4.05 Å². The lowest BCUT2D eigenvalue weighted by Crippen LogP contribution is -2.57. The first kappa shape index (κ1) is 18.5. The summed E-state index contributed by atoms with van der Waals surface area (Å²) < 4.78 is 1.28. The highest BCUT2D eigenvalue weighted by Gasteiger charge is 2.35. The standard InChI is InChI=1S/C19H29IN/c1-6-19(20)21(14-16(2)3,15-17(4)5)13-12-18-10-8-7-9-11-18/h1,7-11,16-17,19H,12-15H2,2-5H3/q+1. The molecule has 0 N–H and O–H groups in total. The van der Waals surface area contributed by atoms with Gasteiger partial charge in [0.15, 0.2) is 0 Å². The minimum absolute atomic E-state index is 0.246. The number of terminal acetylenes is 1. The van der Waals surface area contributed by atoms with Gasteiger partial charge in [0.1, 0.15) is 0 Å². The van der Waals surface area contributed by atoms with Gasteiger partial charge in [0.05, 0.1) is 19.6 Å². The highest BCUT2D eigenvalue weighted by atomic mass is 127. The molecule has 0 spiro atoms. The van der Waals surface area contributed by atoms with Crippen molar-refractivity contribution >= 4 is 22.6 Å². The van der Waals surface area contributed by atoms with Gasteiger partial charge in [-0.25, -0.2) is 0 Å². The van der Waals surface area contributed by atoms with Gasteiger partial charge in [-0.15, -0.1) is 6.42 Å². The van der Waals surface area contributed by atoms with E-state index >= 15 is 0 Å². The third kappa shape index (κ3) is 6.00. The molecule has 0 aromatic heterocycles. The van der Waals surface area contributed by atoms with Gasteiger partial charge in [-0.1, -0.05) is 58.0 Å². The Morgan fingerprint density at radius 2 is 1.57 bits per heavy atom. The van der Waals surface area contributed by atoms with Gasteiger partial charge in [0.25, 0.3) is 0 Å². The van der Waals surface area contributed by atoms with Gasteiger partial charge in [-0.2, -0.15) is 0 Å². The number of nitrogens with zero attached hydrogens (tertiary/aromatic N) is 1. The summed E-state index contributed by atoms with van der Waals surface area (Å²) in [6.45, 7) is 12.6. The molecule has 0 saturated carbocycles. The first-order valence-electron chi connectivity index (χ1n) is 7.89. The van der Waals surface area contributed by atoms with Gasteiger partial charge >= 0.3 is 0 Å². The summed E-state index contributed by atoms with van der Waals surface area (Å²) in [4.78, 5) is 0. The second-order valence-electron chi connectivity index (χ2n) is 6.83. The van der Waals surface area contributed by atoms with Crippen LogP contribution >= 0.6 is 22.6 Å². The third-order valence-corrected chi connectivity index (χ3v) is 5.31. The highest BCUT2D eigenvalue weighted by Crippen LogP contribution is 2.25. The molecule has 0 heterocycles. The van der Waals surface area contributed by atoms with Gasteiger partial charge in [-0.3, -0.25) is 0 Å².